The van der Waals surface area contributed by atoms with Crippen molar-refractivity contribution in [1.82, 2.24) is 19.8 Å². The zero-order valence-corrected chi connectivity index (χ0v) is 19.2. The Balaban J connectivity index is 1.52. The maximum absolute atomic E-state index is 13.3. The Morgan fingerprint density at radius 1 is 1.12 bits per heavy atom. The van der Waals surface area contributed by atoms with Crippen molar-refractivity contribution in [3.05, 3.63) is 77.9 Å². The van der Waals surface area contributed by atoms with Crippen LogP contribution in [0.1, 0.15) is 38.9 Å². The Kier molecular flexibility index (Phi) is 5.75. The molecule has 34 heavy (non-hydrogen) atoms. The van der Waals surface area contributed by atoms with Gasteiger partial charge in [-0.1, -0.05) is 18.2 Å². The van der Waals surface area contributed by atoms with Gasteiger partial charge < -0.3 is 20.2 Å². The van der Waals surface area contributed by atoms with E-state index in [9.17, 15) is 14.7 Å². The van der Waals surface area contributed by atoms with Crippen LogP contribution in [0, 0.1) is 5.92 Å². The van der Waals surface area contributed by atoms with Gasteiger partial charge in [0.25, 0.3) is 11.8 Å². The molecule has 2 aromatic carbocycles. The highest BCUT2D eigenvalue weighted by Gasteiger charge is 2.46. The molecule has 0 bridgehead atoms. The summed E-state index contributed by atoms with van der Waals surface area (Å²) in [5.41, 5.74) is 4.89. The first-order valence-corrected chi connectivity index (χ1v) is 11.4. The molecule has 1 fully saturated rings. The molecule has 174 valence electrons. The quantitative estimate of drug-likeness (QED) is 0.625. The summed E-state index contributed by atoms with van der Waals surface area (Å²) in [6.07, 6.45) is 5.36. The van der Waals surface area contributed by atoms with Crippen molar-refractivity contribution in [1.29, 1.82) is 0 Å². The first kappa shape index (κ1) is 22.0. The zero-order chi connectivity index (χ0) is 23.8. The lowest BCUT2D eigenvalue weighted by Crippen LogP contribution is -2.43. The van der Waals surface area contributed by atoms with Gasteiger partial charge in [-0.3, -0.25) is 14.6 Å². The predicted octanol–water partition coefficient (Wildman–Crippen LogP) is 2.84. The van der Waals surface area contributed by atoms with Crippen LogP contribution in [0.15, 0.2) is 61.1 Å². The number of likely N-dealkylation sites (tertiary alicyclic amines) is 1. The van der Waals surface area contributed by atoms with Gasteiger partial charge in [-0.15, -0.1) is 0 Å². The summed E-state index contributed by atoms with van der Waals surface area (Å²) in [7, 11) is 3.47. The number of hydrogen-bond acceptors (Lipinski definition) is 6. The lowest BCUT2D eigenvalue weighted by molar-refractivity contribution is 0.0694. The summed E-state index contributed by atoms with van der Waals surface area (Å²) in [5, 5.41) is 13.5. The summed E-state index contributed by atoms with van der Waals surface area (Å²) in [6.45, 7) is 0.588. The first-order chi connectivity index (χ1) is 16.5. The molecule has 3 atom stereocenters. The molecule has 2 aliphatic rings. The maximum atomic E-state index is 13.3. The molecular weight excluding hydrogens is 430 g/mol. The van der Waals surface area contributed by atoms with Gasteiger partial charge in [0.05, 0.1) is 24.9 Å². The van der Waals surface area contributed by atoms with E-state index in [0.717, 1.165) is 28.8 Å². The van der Waals surface area contributed by atoms with Crippen LogP contribution in [0.5, 0.6) is 0 Å². The standard InChI is InChI=1S/C26H27N5O3/c1-30(2)25(33)17-5-3-16(4-6-17)18-7-8-21-20(13-18)24-19(23(15-32)29-21)9-12-31(24)26(34)22-14-27-10-11-28-22/h3-8,10-11,13-14,19,23-24,29,32H,9,12,15H2,1-2H3/t19-,23-,24-/m0/s1. The largest absolute Gasteiger partial charge is 0.394 e. The third-order valence-electron chi connectivity index (χ3n) is 6.78. The number of aliphatic hydroxyl groups is 1. The molecule has 2 aliphatic heterocycles. The van der Waals surface area contributed by atoms with E-state index in [1.165, 1.54) is 12.4 Å². The summed E-state index contributed by atoms with van der Waals surface area (Å²) in [6, 6.07) is 13.4. The molecular formula is C26H27N5O3. The average Bonchev–Trinajstić information content (AvgIpc) is 3.33. The fourth-order valence-corrected chi connectivity index (χ4v) is 5.09. The van der Waals surface area contributed by atoms with Crippen LogP contribution in [0.3, 0.4) is 0 Å². The highest BCUT2D eigenvalue weighted by atomic mass is 16.3. The molecule has 1 saturated heterocycles. The number of aromatic nitrogens is 2. The predicted molar refractivity (Wildman–Crippen MR) is 128 cm³/mol. The molecule has 8 heteroatoms. The van der Waals surface area contributed by atoms with Crippen LogP contribution in [-0.2, 0) is 0 Å². The Labute approximate surface area is 198 Å². The molecule has 2 N–H and O–H groups in total. The molecule has 5 rings (SSSR count). The van der Waals surface area contributed by atoms with Gasteiger partial charge in [-0.05, 0) is 47.4 Å². The Hall–Kier alpha value is -3.78. The number of aliphatic hydroxyl groups excluding tert-OH is 1. The smallest absolute Gasteiger partial charge is 0.274 e. The lowest BCUT2D eigenvalue weighted by atomic mass is 9.82. The summed E-state index contributed by atoms with van der Waals surface area (Å²) >= 11 is 0. The maximum Gasteiger partial charge on any atom is 0.274 e. The van der Waals surface area contributed by atoms with E-state index < -0.39 is 0 Å². The first-order valence-electron chi connectivity index (χ1n) is 11.4. The molecule has 0 saturated carbocycles. The van der Waals surface area contributed by atoms with Gasteiger partial charge in [0, 0.05) is 50.2 Å². The van der Waals surface area contributed by atoms with Gasteiger partial charge in [0.2, 0.25) is 0 Å². The minimum Gasteiger partial charge on any atom is -0.394 e. The van der Waals surface area contributed by atoms with Gasteiger partial charge in [-0.2, -0.15) is 0 Å². The van der Waals surface area contributed by atoms with Crippen molar-refractivity contribution in [2.45, 2.75) is 18.5 Å². The van der Waals surface area contributed by atoms with E-state index in [1.54, 1.807) is 25.2 Å². The number of amides is 2. The Morgan fingerprint density at radius 2 is 1.88 bits per heavy atom. The minimum absolute atomic E-state index is 0.00308. The van der Waals surface area contributed by atoms with E-state index in [-0.39, 0.29) is 36.4 Å². The lowest BCUT2D eigenvalue weighted by Gasteiger charge is -2.39. The molecule has 0 spiro atoms. The third kappa shape index (κ3) is 3.80. The summed E-state index contributed by atoms with van der Waals surface area (Å²) < 4.78 is 0. The molecule has 1 aromatic heterocycles. The molecule has 2 amide bonds. The number of fused-ring (bicyclic) bond motifs is 3. The van der Waals surface area contributed by atoms with Crippen LogP contribution in [0.2, 0.25) is 0 Å². The van der Waals surface area contributed by atoms with Crippen molar-refractivity contribution in [3.8, 4) is 11.1 Å². The summed E-state index contributed by atoms with van der Waals surface area (Å²) in [4.78, 5) is 37.2. The van der Waals surface area contributed by atoms with Crippen molar-refractivity contribution in [3.63, 3.8) is 0 Å². The van der Waals surface area contributed by atoms with Gasteiger partial charge >= 0.3 is 0 Å². The topological polar surface area (TPSA) is 98.7 Å². The monoisotopic (exact) mass is 457 g/mol. The Bertz CT molecular complexity index is 1210. The number of hydrogen-bond donors (Lipinski definition) is 2. The van der Waals surface area contributed by atoms with Gasteiger partial charge in [-0.25, -0.2) is 4.98 Å². The average molecular weight is 458 g/mol. The SMILES string of the molecule is CN(C)C(=O)c1ccc(-c2ccc3c(c2)[C@@H]2[C@@H](CCN2C(=O)c2cnccn2)[C@H](CO)N3)cc1. The highest BCUT2D eigenvalue weighted by Crippen LogP contribution is 2.47. The van der Waals surface area contributed by atoms with E-state index >= 15 is 0 Å². The second kappa shape index (κ2) is 8.87. The number of rotatable bonds is 4. The molecule has 3 aromatic rings. The third-order valence-corrected chi connectivity index (χ3v) is 6.78. The second-order valence-corrected chi connectivity index (χ2v) is 9.00. The van der Waals surface area contributed by atoms with Gasteiger partial charge in [0.1, 0.15) is 5.69 Å². The number of benzene rings is 2. The van der Waals surface area contributed by atoms with Crippen molar-refractivity contribution in [2.24, 2.45) is 5.92 Å². The Morgan fingerprint density at radius 3 is 2.56 bits per heavy atom. The van der Waals surface area contributed by atoms with E-state index in [1.807, 2.05) is 41.3 Å². The molecule has 3 heterocycles. The van der Waals surface area contributed by atoms with Crippen molar-refractivity contribution < 1.29 is 14.7 Å². The van der Waals surface area contributed by atoms with Crippen LogP contribution >= 0.6 is 0 Å². The zero-order valence-electron chi connectivity index (χ0n) is 19.2. The fourth-order valence-electron chi connectivity index (χ4n) is 5.09. The number of nitrogens with zero attached hydrogens (tertiary/aromatic N) is 4. The molecule has 0 aliphatic carbocycles. The second-order valence-electron chi connectivity index (χ2n) is 9.00. The fraction of sp³-hybridized carbons (Fsp3) is 0.308. The normalized spacial score (nSPS) is 20.8. The number of anilines is 1. The van der Waals surface area contributed by atoms with Crippen LogP contribution < -0.4 is 5.32 Å². The summed E-state index contributed by atoms with van der Waals surface area (Å²) in [5.74, 6) is -0.0984. The van der Waals surface area contributed by atoms with Crippen molar-refractivity contribution >= 4 is 17.5 Å². The number of carbonyl (C=O) groups is 2. The highest BCUT2D eigenvalue weighted by molar-refractivity contribution is 5.94. The molecule has 0 unspecified atom stereocenters. The molecule has 0 radical (unpaired) electrons. The minimum atomic E-state index is -0.169. The number of nitrogens with one attached hydrogen (secondary N) is 1. The van der Waals surface area contributed by atoms with Crippen LogP contribution in [-0.4, -0.2) is 70.0 Å². The van der Waals surface area contributed by atoms with Crippen molar-refractivity contribution in [2.75, 3.05) is 32.6 Å². The van der Waals surface area contributed by atoms with E-state index in [0.29, 0.717) is 17.8 Å². The number of carbonyl (C=O) groups excluding carboxylic acids is 2. The van der Waals surface area contributed by atoms with E-state index in [2.05, 4.69) is 21.4 Å². The van der Waals surface area contributed by atoms with Crippen LogP contribution in [0.25, 0.3) is 11.1 Å². The van der Waals surface area contributed by atoms with Crippen LogP contribution in [0.4, 0.5) is 5.69 Å². The molecule has 8 nitrogen and oxygen atoms in total. The van der Waals surface area contributed by atoms with E-state index in [4.69, 9.17) is 0 Å². The van der Waals surface area contributed by atoms with Gasteiger partial charge in [0.15, 0.2) is 0 Å².